The van der Waals surface area contributed by atoms with Crippen LogP contribution in [0.25, 0.3) is 0 Å². The van der Waals surface area contributed by atoms with Crippen LogP contribution in [0.1, 0.15) is 51.9 Å². The molecule has 3 atom stereocenters. The molecular weight excluding hydrogens is 272 g/mol. The lowest BCUT2D eigenvalue weighted by molar-refractivity contribution is 0.0521. The maximum Gasteiger partial charge on any atom is 0.0623 e. The Morgan fingerprint density at radius 3 is 2.80 bits per heavy atom. The lowest BCUT2D eigenvalue weighted by Crippen LogP contribution is -2.51. The highest BCUT2D eigenvalue weighted by Gasteiger charge is 2.43. The highest BCUT2D eigenvalue weighted by Crippen LogP contribution is 2.49. The summed E-state index contributed by atoms with van der Waals surface area (Å²) in [6.45, 7) is 6.43. The van der Waals surface area contributed by atoms with E-state index >= 15 is 0 Å². The molecule has 2 saturated carbocycles. The lowest BCUT2D eigenvalue weighted by Gasteiger charge is -2.33. The molecule has 4 heteroatoms. The minimum absolute atomic E-state index is 0. The van der Waals surface area contributed by atoms with E-state index in [-0.39, 0.29) is 12.4 Å². The number of morpholine rings is 1. The number of hydrogen-bond acceptors (Lipinski definition) is 3. The molecule has 2 N–H and O–H groups in total. The topological polar surface area (TPSA) is 33.3 Å². The zero-order valence-corrected chi connectivity index (χ0v) is 13.6. The van der Waals surface area contributed by atoms with Gasteiger partial charge >= 0.3 is 0 Å². The van der Waals surface area contributed by atoms with Crippen molar-refractivity contribution in [3.8, 4) is 0 Å². The van der Waals surface area contributed by atoms with E-state index in [0.29, 0.717) is 11.5 Å². The van der Waals surface area contributed by atoms with Gasteiger partial charge in [0, 0.05) is 25.2 Å². The second-order valence-electron chi connectivity index (χ2n) is 6.97. The molecule has 3 unspecified atom stereocenters. The molecule has 1 heterocycles. The summed E-state index contributed by atoms with van der Waals surface area (Å²) in [5.41, 5.74) is 0.679. The number of halogens is 1. The molecular formula is C16H31ClN2O. The van der Waals surface area contributed by atoms with Crippen LogP contribution < -0.4 is 10.6 Å². The lowest BCUT2D eigenvalue weighted by atomic mass is 9.93. The van der Waals surface area contributed by atoms with Crippen molar-refractivity contribution in [1.29, 1.82) is 0 Å². The summed E-state index contributed by atoms with van der Waals surface area (Å²) in [7, 11) is 0. The molecule has 0 bridgehead atoms. The van der Waals surface area contributed by atoms with E-state index in [4.69, 9.17) is 4.74 Å². The van der Waals surface area contributed by atoms with E-state index in [1.54, 1.807) is 0 Å². The van der Waals surface area contributed by atoms with Gasteiger partial charge in [-0.05, 0) is 43.4 Å². The number of rotatable bonds is 6. The fraction of sp³-hybridized carbons (Fsp3) is 1.00. The van der Waals surface area contributed by atoms with Crippen molar-refractivity contribution < 1.29 is 4.74 Å². The number of hydrogen-bond donors (Lipinski definition) is 2. The number of ether oxygens (including phenoxy) is 1. The average Bonchev–Trinajstić information content (AvgIpc) is 3.05. The van der Waals surface area contributed by atoms with E-state index in [2.05, 4.69) is 17.6 Å². The SMILES string of the molecule is CCCC1(CNC2CCCC2C2COCCN2)CC1.Cl. The van der Waals surface area contributed by atoms with Crippen LogP contribution in [0.15, 0.2) is 0 Å². The zero-order chi connectivity index (χ0) is 13.1. The summed E-state index contributed by atoms with van der Waals surface area (Å²) in [6.07, 6.45) is 9.80. The Morgan fingerprint density at radius 1 is 1.30 bits per heavy atom. The van der Waals surface area contributed by atoms with Crippen LogP contribution in [0.2, 0.25) is 0 Å². The summed E-state index contributed by atoms with van der Waals surface area (Å²) in [5.74, 6) is 0.790. The van der Waals surface area contributed by atoms with Crippen LogP contribution in [0, 0.1) is 11.3 Å². The van der Waals surface area contributed by atoms with Gasteiger partial charge in [0.15, 0.2) is 0 Å². The largest absolute Gasteiger partial charge is 0.379 e. The number of nitrogens with one attached hydrogen (secondary N) is 2. The summed E-state index contributed by atoms with van der Waals surface area (Å²) in [5, 5.41) is 7.58. The third-order valence-corrected chi connectivity index (χ3v) is 5.51. The molecule has 1 aliphatic heterocycles. The summed E-state index contributed by atoms with van der Waals surface area (Å²) < 4.78 is 5.65. The Kier molecular flexibility index (Phi) is 6.15. The normalized spacial score (nSPS) is 35.5. The van der Waals surface area contributed by atoms with Gasteiger partial charge in [-0.25, -0.2) is 0 Å². The van der Waals surface area contributed by atoms with Gasteiger partial charge in [0.2, 0.25) is 0 Å². The van der Waals surface area contributed by atoms with Gasteiger partial charge in [-0.15, -0.1) is 12.4 Å². The van der Waals surface area contributed by atoms with E-state index < -0.39 is 0 Å². The van der Waals surface area contributed by atoms with Crippen LogP contribution in [-0.2, 0) is 4.74 Å². The molecule has 0 aromatic rings. The molecule has 0 aromatic carbocycles. The minimum atomic E-state index is 0. The molecule has 3 aliphatic rings. The van der Waals surface area contributed by atoms with E-state index in [0.717, 1.165) is 31.7 Å². The Labute approximate surface area is 130 Å². The molecule has 3 nitrogen and oxygen atoms in total. The van der Waals surface area contributed by atoms with Crippen LogP contribution in [0.5, 0.6) is 0 Å². The van der Waals surface area contributed by atoms with Crippen LogP contribution in [0.3, 0.4) is 0 Å². The smallest absolute Gasteiger partial charge is 0.0623 e. The van der Waals surface area contributed by atoms with Crippen LogP contribution >= 0.6 is 12.4 Å². The average molecular weight is 303 g/mol. The van der Waals surface area contributed by atoms with Crippen molar-refractivity contribution in [2.24, 2.45) is 11.3 Å². The summed E-state index contributed by atoms with van der Waals surface area (Å²) in [4.78, 5) is 0. The maximum atomic E-state index is 5.65. The fourth-order valence-electron chi connectivity index (χ4n) is 4.15. The van der Waals surface area contributed by atoms with E-state index in [1.807, 2.05) is 0 Å². The highest BCUT2D eigenvalue weighted by molar-refractivity contribution is 5.85. The summed E-state index contributed by atoms with van der Waals surface area (Å²) >= 11 is 0. The Bertz CT molecular complexity index is 290. The summed E-state index contributed by atoms with van der Waals surface area (Å²) in [6, 6.07) is 1.32. The van der Waals surface area contributed by atoms with Gasteiger partial charge in [0.25, 0.3) is 0 Å². The first kappa shape index (κ1) is 16.5. The first-order chi connectivity index (χ1) is 9.33. The Hall–Kier alpha value is 0.170. The molecule has 2 aliphatic carbocycles. The fourth-order valence-corrected chi connectivity index (χ4v) is 4.15. The van der Waals surface area contributed by atoms with Gasteiger partial charge in [-0.3, -0.25) is 0 Å². The van der Waals surface area contributed by atoms with Gasteiger partial charge in [0.05, 0.1) is 13.2 Å². The molecule has 118 valence electrons. The van der Waals surface area contributed by atoms with Crippen molar-refractivity contribution in [2.75, 3.05) is 26.3 Å². The molecule has 20 heavy (non-hydrogen) atoms. The van der Waals surface area contributed by atoms with E-state index in [9.17, 15) is 0 Å². The maximum absolute atomic E-state index is 5.65. The second-order valence-corrected chi connectivity index (χ2v) is 6.97. The monoisotopic (exact) mass is 302 g/mol. The quantitative estimate of drug-likeness (QED) is 0.791. The molecule has 1 saturated heterocycles. The minimum Gasteiger partial charge on any atom is -0.379 e. The van der Waals surface area contributed by atoms with Crippen molar-refractivity contribution in [3.05, 3.63) is 0 Å². The van der Waals surface area contributed by atoms with E-state index in [1.165, 1.54) is 51.5 Å². The molecule has 0 amide bonds. The van der Waals surface area contributed by atoms with Gasteiger partial charge < -0.3 is 15.4 Å². The van der Waals surface area contributed by atoms with Crippen molar-refractivity contribution in [3.63, 3.8) is 0 Å². The van der Waals surface area contributed by atoms with Crippen molar-refractivity contribution in [1.82, 2.24) is 10.6 Å². The van der Waals surface area contributed by atoms with Crippen LogP contribution in [0.4, 0.5) is 0 Å². The third kappa shape index (κ3) is 3.88. The van der Waals surface area contributed by atoms with Crippen molar-refractivity contribution >= 4 is 12.4 Å². The molecule has 0 spiro atoms. The second kappa shape index (κ2) is 7.44. The van der Waals surface area contributed by atoms with Crippen LogP contribution in [-0.4, -0.2) is 38.4 Å². The molecule has 0 aromatic heterocycles. The predicted octanol–water partition coefficient (Wildman–Crippen LogP) is 2.74. The predicted molar refractivity (Wildman–Crippen MR) is 85.6 cm³/mol. The standard InChI is InChI=1S/C16H30N2O.ClH/c1-2-6-16(7-8-16)12-18-14-5-3-4-13(14)15-11-19-10-9-17-15;/h13-15,17-18H,2-12H2,1H3;1H. The van der Waals surface area contributed by atoms with Gasteiger partial charge in [-0.2, -0.15) is 0 Å². The van der Waals surface area contributed by atoms with Gasteiger partial charge in [0.1, 0.15) is 0 Å². The highest BCUT2D eigenvalue weighted by atomic mass is 35.5. The van der Waals surface area contributed by atoms with Gasteiger partial charge in [-0.1, -0.05) is 19.8 Å². The Morgan fingerprint density at radius 2 is 2.15 bits per heavy atom. The molecule has 3 fully saturated rings. The first-order valence-electron chi connectivity index (χ1n) is 8.37. The zero-order valence-electron chi connectivity index (χ0n) is 12.8. The third-order valence-electron chi connectivity index (χ3n) is 5.51. The Balaban J connectivity index is 0.00000147. The molecule has 0 radical (unpaired) electrons. The molecule has 3 rings (SSSR count). The van der Waals surface area contributed by atoms with Crippen molar-refractivity contribution in [2.45, 2.75) is 64.0 Å². The first-order valence-corrected chi connectivity index (χ1v) is 8.37.